The molecule has 110 valence electrons. The molecule has 0 atom stereocenters. The van der Waals surface area contributed by atoms with Gasteiger partial charge in [-0.1, -0.05) is 24.3 Å². The molecule has 3 rings (SSSR count). The highest BCUT2D eigenvalue weighted by molar-refractivity contribution is 5.88. The van der Waals surface area contributed by atoms with Crippen LogP contribution in [0.4, 0.5) is 4.39 Å². The molecule has 0 aliphatic carbocycles. The van der Waals surface area contributed by atoms with E-state index < -0.39 is 17.3 Å². The van der Waals surface area contributed by atoms with Crippen LogP contribution in [0.2, 0.25) is 0 Å². The molecule has 22 heavy (non-hydrogen) atoms. The van der Waals surface area contributed by atoms with E-state index in [2.05, 4.69) is 0 Å². The van der Waals surface area contributed by atoms with Crippen molar-refractivity contribution in [3.63, 3.8) is 0 Å². The third-order valence-electron chi connectivity index (χ3n) is 3.23. The van der Waals surface area contributed by atoms with Crippen molar-refractivity contribution >= 4 is 16.9 Å². The van der Waals surface area contributed by atoms with Crippen molar-refractivity contribution in [1.82, 2.24) is 4.57 Å². The second-order valence-electron chi connectivity index (χ2n) is 4.74. The molecule has 0 unspecified atom stereocenters. The summed E-state index contributed by atoms with van der Waals surface area (Å²) in [6, 6.07) is 14.1. The average molecular weight is 297 g/mol. The summed E-state index contributed by atoms with van der Waals surface area (Å²) in [5.41, 5.74) is 0.148. The van der Waals surface area contributed by atoms with Crippen LogP contribution in [-0.2, 0) is 4.79 Å². The van der Waals surface area contributed by atoms with E-state index in [1.54, 1.807) is 36.4 Å². The van der Waals surface area contributed by atoms with Gasteiger partial charge >= 0.3 is 5.97 Å². The van der Waals surface area contributed by atoms with E-state index in [0.717, 1.165) is 0 Å². The van der Waals surface area contributed by atoms with Crippen molar-refractivity contribution in [3.8, 4) is 11.4 Å². The molecule has 0 bridgehead atoms. The molecule has 0 amide bonds. The zero-order valence-electron chi connectivity index (χ0n) is 11.7. The van der Waals surface area contributed by atoms with E-state index in [0.29, 0.717) is 10.9 Å². The number of para-hydroxylation sites is 2. The van der Waals surface area contributed by atoms with Crippen LogP contribution in [0.5, 0.6) is 5.75 Å². The van der Waals surface area contributed by atoms with Crippen LogP contribution in [0.1, 0.15) is 6.92 Å². The number of halogens is 1. The smallest absolute Gasteiger partial charge is 0.308 e. The highest BCUT2D eigenvalue weighted by atomic mass is 19.1. The van der Waals surface area contributed by atoms with Crippen LogP contribution in [0.3, 0.4) is 0 Å². The minimum Gasteiger partial charge on any atom is -0.426 e. The van der Waals surface area contributed by atoms with Gasteiger partial charge in [-0.05, 0) is 24.3 Å². The van der Waals surface area contributed by atoms with Crippen LogP contribution in [0.15, 0.2) is 59.4 Å². The first kappa shape index (κ1) is 14.0. The highest BCUT2D eigenvalue weighted by Crippen LogP contribution is 2.26. The Morgan fingerprint density at radius 1 is 1.09 bits per heavy atom. The topological polar surface area (TPSA) is 48.3 Å². The zero-order chi connectivity index (χ0) is 15.7. The molecule has 0 aliphatic rings. The molecule has 0 saturated heterocycles. The summed E-state index contributed by atoms with van der Waals surface area (Å²) in [5, 5.41) is 0.556. The summed E-state index contributed by atoms with van der Waals surface area (Å²) in [7, 11) is 0. The number of aromatic nitrogens is 1. The van der Waals surface area contributed by atoms with E-state index in [1.807, 2.05) is 0 Å². The van der Waals surface area contributed by atoms with Gasteiger partial charge in [-0.25, -0.2) is 4.39 Å². The first-order valence-electron chi connectivity index (χ1n) is 6.66. The standard InChI is InChI=1S/C17H12FNO3/c1-11(20)22-16-10-17(21)19(14-8-4-2-6-12(14)16)15-9-5-3-7-13(15)18/h2-10H,1H3. The summed E-state index contributed by atoms with van der Waals surface area (Å²) in [6.07, 6.45) is 0. The molecule has 5 heteroatoms. The summed E-state index contributed by atoms with van der Waals surface area (Å²) >= 11 is 0. The Morgan fingerprint density at radius 3 is 2.50 bits per heavy atom. The van der Waals surface area contributed by atoms with Crippen LogP contribution < -0.4 is 10.3 Å². The Kier molecular flexibility index (Phi) is 3.47. The molecule has 4 nitrogen and oxygen atoms in total. The summed E-state index contributed by atoms with van der Waals surface area (Å²) in [5.74, 6) is -0.858. The molecular formula is C17H12FNO3. The van der Waals surface area contributed by atoms with Gasteiger partial charge in [0.1, 0.15) is 11.6 Å². The highest BCUT2D eigenvalue weighted by Gasteiger charge is 2.14. The molecule has 0 spiro atoms. The molecule has 2 aromatic carbocycles. The number of nitrogens with zero attached hydrogens (tertiary/aromatic N) is 1. The number of carbonyl (C=O) groups excluding carboxylic acids is 1. The third-order valence-corrected chi connectivity index (χ3v) is 3.23. The largest absolute Gasteiger partial charge is 0.426 e. The average Bonchev–Trinajstić information content (AvgIpc) is 2.48. The number of ether oxygens (including phenoxy) is 1. The Balaban J connectivity index is 2.38. The summed E-state index contributed by atoms with van der Waals surface area (Å²) in [4.78, 5) is 23.6. The Morgan fingerprint density at radius 2 is 1.77 bits per heavy atom. The summed E-state index contributed by atoms with van der Waals surface area (Å²) in [6.45, 7) is 1.26. The summed E-state index contributed by atoms with van der Waals surface area (Å²) < 4.78 is 20.4. The molecule has 0 saturated carbocycles. The van der Waals surface area contributed by atoms with Gasteiger partial charge in [-0.3, -0.25) is 14.2 Å². The Labute approximate surface area is 125 Å². The number of hydrogen-bond donors (Lipinski definition) is 0. The molecule has 0 N–H and O–H groups in total. The molecule has 1 aromatic heterocycles. The number of esters is 1. The predicted molar refractivity (Wildman–Crippen MR) is 80.8 cm³/mol. The van der Waals surface area contributed by atoms with Crippen LogP contribution in [0, 0.1) is 5.82 Å². The van der Waals surface area contributed by atoms with E-state index in [-0.39, 0.29) is 11.4 Å². The Bertz CT molecular complexity index is 931. The van der Waals surface area contributed by atoms with Gasteiger partial charge < -0.3 is 4.74 Å². The van der Waals surface area contributed by atoms with Gasteiger partial charge in [0.15, 0.2) is 0 Å². The maximum atomic E-state index is 14.0. The van der Waals surface area contributed by atoms with E-state index in [9.17, 15) is 14.0 Å². The molecule has 1 heterocycles. The quantitative estimate of drug-likeness (QED) is 0.683. The minimum absolute atomic E-state index is 0.151. The van der Waals surface area contributed by atoms with Crippen molar-refractivity contribution < 1.29 is 13.9 Å². The number of carbonyl (C=O) groups is 1. The number of hydrogen-bond acceptors (Lipinski definition) is 3. The molecule has 0 radical (unpaired) electrons. The number of rotatable bonds is 2. The van der Waals surface area contributed by atoms with Gasteiger partial charge in [0.05, 0.1) is 11.2 Å². The maximum absolute atomic E-state index is 14.0. The van der Waals surface area contributed by atoms with Gasteiger partial charge in [0, 0.05) is 18.4 Å². The first-order chi connectivity index (χ1) is 10.6. The number of fused-ring (bicyclic) bond motifs is 1. The fraction of sp³-hybridized carbons (Fsp3) is 0.0588. The predicted octanol–water partition coefficient (Wildman–Crippen LogP) is 3.06. The van der Waals surface area contributed by atoms with Crippen molar-refractivity contribution in [2.75, 3.05) is 0 Å². The molecular weight excluding hydrogens is 285 g/mol. The van der Waals surface area contributed by atoms with Gasteiger partial charge in [-0.15, -0.1) is 0 Å². The lowest BCUT2D eigenvalue weighted by Gasteiger charge is -2.13. The Hall–Kier alpha value is -2.95. The van der Waals surface area contributed by atoms with Gasteiger partial charge in [-0.2, -0.15) is 0 Å². The zero-order valence-corrected chi connectivity index (χ0v) is 11.7. The van der Waals surface area contributed by atoms with Crippen molar-refractivity contribution in [2.24, 2.45) is 0 Å². The van der Waals surface area contributed by atoms with E-state index in [1.165, 1.54) is 29.7 Å². The molecule has 0 fully saturated rings. The normalized spacial score (nSPS) is 10.6. The number of benzene rings is 2. The molecule has 3 aromatic rings. The SMILES string of the molecule is CC(=O)Oc1cc(=O)n(-c2ccccc2F)c2ccccc12. The second kappa shape index (κ2) is 5.44. The fourth-order valence-corrected chi connectivity index (χ4v) is 2.37. The second-order valence-corrected chi connectivity index (χ2v) is 4.74. The lowest BCUT2D eigenvalue weighted by Crippen LogP contribution is -2.20. The van der Waals surface area contributed by atoms with E-state index >= 15 is 0 Å². The number of pyridine rings is 1. The van der Waals surface area contributed by atoms with Crippen LogP contribution in [-0.4, -0.2) is 10.5 Å². The van der Waals surface area contributed by atoms with Gasteiger partial charge in [0.2, 0.25) is 0 Å². The monoisotopic (exact) mass is 297 g/mol. The fourth-order valence-electron chi connectivity index (χ4n) is 2.37. The van der Waals surface area contributed by atoms with Crippen molar-refractivity contribution in [2.45, 2.75) is 6.92 Å². The minimum atomic E-state index is -0.520. The lowest BCUT2D eigenvalue weighted by molar-refractivity contribution is -0.131. The molecule has 0 aliphatic heterocycles. The van der Waals surface area contributed by atoms with Crippen LogP contribution in [0.25, 0.3) is 16.6 Å². The third kappa shape index (κ3) is 2.37. The maximum Gasteiger partial charge on any atom is 0.308 e. The van der Waals surface area contributed by atoms with E-state index in [4.69, 9.17) is 4.74 Å². The van der Waals surface area contributed by atoms with Crippen LogP contribution >= 0.6 is 0 Å². The van der Waals surface area contributed by atoms with Crippen molar-refractivity contribution in [1.29, 1.82) is 0 Å². The van der Waals surface area contributed by atoms with Gasteiger partial charge in [0.25, 0.3) is 5.56 Å². The first-order valence-corrected chi connectivity index (χ1v) is 6.66. The lowest BCUT2D eigenvalue weighted by atomic mass is 10.1. The van der Waals surface area contributed by atoms with Crippen molar-refractivity contribution in [3.05, 3.63) is 70.8 Å².